The van der Waals surface area contributed by atoms with Gasteiger partial charge in [0, 0.05) is 37.2 Å². The molecule has 0 aliphatic carbocycles. The van der Waals surface area contributed by atoms with E-state index in [0.29, 0.717) is 17.7 Å². The van der Waals surface area contributed by atoms with Crippen molar-refractivity contribution in [3.8, 4) is 0 Å². The van der Waals surface area contributed by atoms with Gasteiger partial charge in [0.15, 0.2) is 9.84 Å². The fraction of sp³-hybridized carbons (Fsp3) is 0.500. The van der Waals surface area contributed by atoms with E-state index in [1.807, 2.05) is 0 Å². The quantitative estimate of drug-likeness (QED) is 0.763. The average molecular weight is 433 g/mol. The van der Waals surface area contributed by atoms with Gasteiger partial charge in [0.05, 0.1) is 17.5 Å². The second-order valence-corrected chi connectivity index (χ2v) is 10.1. The lowest BCUT2D eigenvalue weighted by atomic mass is 10.1. The van der Waals surface area contributed by atoms with Crippen LogP contribution in [-0.2, 0) is 19.4 Å². The highest BCUT2D eigenvalue weighted by Gasteiger charge is 2.37. The lowest BCUT2D eigenvalue weighted by Crippen LogP contribution is -2.42. The van der Waals surface area contributed by atoms with Gasteiger partial charge in [0.25, 0.3) is 11.8 Å². The van der Waals surface area contributed by atoms with Crippen molar-refractivity contribution in [1.29, 1.82) is 0 Å². The molecule has 3 aliphatic rings. The summed E-state index contributed by atoms with van der Waals surface area (Å²) in [6, 6.07) is 6.23. The number of carbonyl (C=O) groups excluding carboxylic acids is 3. The highest BCUT2D eigenvalue weighted by molar-refractivity contribution is 7.91. The van der Waals surface area contributed by atoms with Gasteiger partial charge < -0.3 is 10.2 Å². The van der Waals surface area contributed by atoms with E-state index in [2.05, 4.69) is 10.4 Å². The van der Waals surface area contributed by atoms with Gasteiger partial charge in [-0.3, -0.25) is 14.4 Å². The fourth-order valence-corrected chi connectivity index (χ4v) is 5.72. The summed E-state index contributed by atoms with van der Waals surface area (Å²) >= 11 is 0. The van der Waals surface area contributed by atoms with Crippen LogP contribution in [0.4, 0.5) is 5.69 Å². The molecule has 9 nitrogen and oxygen atoms in total. The molecule has 1 N–H and O–H groups in total. The number of anilines is 1. The van der Waals surface area contributed by atoms with Gasteiger partial charge in [-0.25, -0.2) is 13.4 Å². The number of amides is 3. The molecule has 0 radical (unpaired) electrons. The topological polar surface area (TPSA) is 116 Å². The van der Waals surface area contributed by atoms with Crippen molar-refractivity contribution < 1.29 is 22.8 Å². The SMILES string of the molecule is O=C(Nc1cccc(C(=O)N2CCCC2)c1)C1=NN(C2CCS(=O)(=O)C2)C(=O)CC1. The number of nitrogens with one attached hydrogen (secondary N) is 1. The van der Waals surface area contributed by atoms with Gasteiger partial charge in [-0.15, -0.1) is 0 Å². The molecular formula is C20H24N4O5S. The number of hydrazone groups is 1. The number of sulfone groups is 1. The van der Waals surface area contributed by atoms with Crippen molar-refractivity contribution in [2.24, 2.45) is 5.10 Å². The van der Waals surface area contributed by atoms with Crippen LogP contribution in [0.3, 0.4) is 0 Å². The number of rotatable bonds is 4. The second kappa shape index (κ2) is 8.17. The summed E-state index contributed by atoms with van der Waals surface area (Å²) in [5.74, 6) is -0.891. The normalized spacial score (nSPS) is 23.4. The van der Waals surface area contributed by atoms with Crippen LogP contribution >= 0.6 is 0 Å². The Morgan fingerprint density at radius 3 is 2.60 bits per heavy atom. The minimum Gasteiger partial charge on any atom is -0.339 e. The number of hydrogen-bond donors (Lipinski definition) is 1. The Morgan fingerprint density at radius 2 is 1.90 bits per heavy atom. The first-order chi connectivity index (χ1) is 14.3. The van der Waals surface area contributed by atoms with E-state index in [4.69, 9.17) is 0 Å². The summed E-state index contributed by atoms with van der Waals surface area (Å²) in [5, 5.41) is 8.08. The molecule has 0 saturated carbocycles. The zero-order valence-corrected chi connectivity index (χ0v) is 17.4. The molecular weight excluding hydrogens is 408 g/mol. The first-order valence-corrected chi connectivity index (χ1v) is 12.0. The molecule has 1 aromatic carbocycles. The van der Waals surface area contributed by atoms with Gasteiger partial charge >= 0.3 is 0 Å². The first kappa shape index (κ1) is 20.5. The number of nitrogens with zero attached hydrogens (tertiary/aromatic N) is 3. The zero-order valence-electron chi connectivity index (χ0n) is 16.5. The maximum absolute atomic E-state index is 12.7. The maximum Gasteiger partial charge on any atom is 0.271 e. The molecule has 30 heavy (non-hydrogen) atoms. The van der Waals surface area contributed by atoms with Crippen LogP contribution in [0.15, 0.2) is 29.4 Å². The summed E-state index contributed by atoms with van der Waals surface area (Å²) in [4.78, 5) is 39.3. The van der Waals surface area contributed by atoms with Crippen LogP contribution < -0.4 is 5.32 Å². The Bertz CT molecular complexity index is 1010. The zero-order chi connectivity index (χ0) is 21.3. The summed E-state index contributed by atoms with van der Waals surface area (Å²) in [7, 11) is -3.17. The van der Waals surface area contributed by atoms with Crippen LogP contribution in [0.5, 0.6) is 0 Å². The first-order valence-electron chi connectivity index (χ1n) is 10.1. The predicted octanol–water partition coefficient (Wildman–Crippen LogP) is 1.03. The van der Waals surface area contributed by atoms with Crippen molar-refractivity contribution >= 4 is 39.0 Å². The van der Waals surface area contributed by atoms with E-state index in [1.165, 1.54) is 0 Å². The van der Waals surface area contributed by atoms with Crippen molar-refractivity contribution in [1.82, 2.24) is 9.91 Å². The minimum absolute atomic E-state index is 0.0241. The molecule has 3 aliphatic heterocycles. The molecule has 0 spiro atoms. The summed E-state index contributed by atoms with van der Waals surface area (Å²) in [6.45, 7) is 1.49. The van der Waals surface area contributed by atoms with Gasteiger partial charge in [0.2, 0.25) is 5.91 Å². The Kier molecular flexibility index (Phi) is 5.59. The molecule has 160 valence electrons. The Balaban J connectivity index is 1.47. The lowest BCUT2D eigenvalue weighted by molar-refractivity contribution is -0.133. The van der Waals surface area contributed by atoms with Crippen LogP contribution in [0.2, 0.25) is 0 Å². The smallest absolute Gasteiger partial charge is 0.271 e. The number of likely N-dealkylation sites (tertiary alicyclic amines) is 1. The minimum atomic E-state index is -3.17. The Morgan fingerprint density at radius 1 is 1.13 bits per heavy atom. The Labute approximate surface area is 175 Å². The van der Waals surface area contributed by atoms with Crippen molar-refractivity contribution in [3.05, 3.63) is 29.8 Å². The van der Waals surface area contributed by atoms with Gasteiger partial charge in [0.1, 0.15) is 5.71 Å². The Hall–Kier alpha value is -2.75. The molecule has 4 rings (SSSR count). The van der Waals surface area contributed by atoms with Crippen molar-refractivity contribution in [2.45, 2.75) is 38.1 Å². The molecule has 2 fully saturated rings. The summed E-state index contributed by atoms with van der Waals surface area (Å²) in [6.07, 6.45) is 2.62. The van der Waals surface area contributed by atoms with E-state index in [0.717, 1.165) is 30.9 Å². The number of benzene rings is 1. The van der Waals surface area contributed by atoms with Crippen LogP contribution in [0.1, 0.15) is 42.5 Å². The third-order valence-electron chi connectivity index (χ3n) is 5.64. The maximum atomic E-state index is 12.7. The van der Waals surface area contributed by atoms with Gasteiger partial charge in [-0.05, 0) is 37.5 Å². The fourth-order valence-electron chi connectivity index (χ4n) is 4.02. The molecule has 3 heterocycles. The standard InChI is InChI=1S/C20H24N4O5S/c25-18-7-6-17(22-24(18)16-8-11-30(28,29)13-16)19(26)21-15-5-3-4-14(12-15)20(27)23-9-1-2-10-23/h3-5,12,16H,1-2,6-11,13H2,(H,21,26). The van der Waals surface area contributed by atoms with E-state index in [-0.39, 0.29) is 41.9 Å². The monoisotopic (exact) mass is 432 g/mol. The van der Waals surface area contributed by atoms with Crippen molar-refractivity contribution in [3.63, 3.8) is 0 Å². The second-order valence-electron chi connectivity index (χ2n) is 7.88. The van der Waals surface area contributed by atoms with E-state index in [1.54, 1.807) is 29.2 Å². The van der Waals surface area contributed by atoms with Crippen LogP contribution in [0.25, 0.3) is 0 Å². The van der Waals surface area contributed by atoms with Gasteiger partial charge in [-0.2, -0.15) is 5.10 Å². The molecule has 0 bridgehead atoms. The van der Waals surface area contributed by atoms with Gasteiger partial charge in [-0.1, -0.05) is 6.07 Å². The van der Waals surface area contributed by atoms with Crippen LogP contribution in [0, 0.1) is 0 Å². The predicted molar refractivity (Wildman–Crippen MR) is 111 cm³/mol. The molecule has 2 saturated heterocycles. The highest BCUT2D eigenvalue weighted by atomic mass is 32.2. The highest BCUT2D eigenvalue weighted by Crippen LogP contribution is 2.23. The molecule has 1 atom stereocenters. The van der Waals surface area contributed by atoms with Crippen molar-refractivity contribution in [2.75, 3.05) is 29.9 Å². The lowest BCUT2D eigenvalue weighted by Gasteiger charge is -2.27. The molecule has 1 aromatic rings. The molecule has 0 aromatic heterocycles. The van der Waals surface area contributed by atoms with E-state index in [9.17, 15) is 22.8 Å². The number of hydrogen-bond acceptors (Lipinski definition) is 6. The van der Waals surface area contributed by atoms with E-state index < -0.39 is 21.8 Å². The summed E-state index contributed by atoms with van der Waals surface area (Å²) < 4.78 is 23.5. The summed E-state index contributed by atoms with van der Waals surface area (Å²) in [5.41, 5.74) is 1.16. The molecule has 1 unspecified atom stereocenters. The number of carbonyl (C=O) groups is 3. The molecule has 10 heteroatoms. The third kappa shape index (κ3) is 4.38. The third-order valence-corrected chi connectivity index (χ3v) is 7.39. The molecule has 3 amide bonds. The largest absolute Gasteiger partial charge is 0.339 e. The van der Waals surface area contributed by atoms with E-state index >= 15 is 0 Å². The average Bonchev–Trinajstić information content (AvgIpc) is 3.37. The van der Waals surface area contributed by atoms with Crippen LogP contribution in [-0.4, -0.2) is 72.4 Å².